The largest absolute Gasteiger partial charge is 0.414 e. The lowest BCUT2D eigenvalue weighted by atomic mass is 10.1. The summed E-state index contributed by atoms with van der Waals surface area (Å²) in [6.07, 6.45) is 1.63. The highest BCUT2D eigenvalue weighted by Crippen LogP contribution is 2.29. The van der Waals surface area contributed by atoms with Crippen molar-refractivity contribution in [1.29, 1.82) is 0 Å². The first-order valence-electron chi connectivity index (χ1n) is 11.6. The molecule has 0 saturated heterocycles. The van der Waals surface area contributed by atoms with Crippen LogP contribution in [0, 0.1) is 0 Å². The normalized spacial score (nSPS) is 12.5. The molecule has 37 heavy (non-hydrogen) atoms. The van der Waals surface area contributed by atoms with Crippen LogP contribution in [0.1, 0.15) is 18.9 Å². The number of nitrogen functional groups attached to an aromatic ring is 1. The lowest BCUT2D eigenvalue weighted by molar-refractivity contribution is 0.287. The number of sulfone groups is 1. The molecule has 2 aromatic carbocycles. The quantitative estimate of drug-likeness (QED) is 0.248. The van der Waals surface area contributed by atoms with Crippen molar-refractivity contribution >= 4 is 15.7 Å². The molecule has 0 aliphatic heterocycles. The average Bonchev–Trinajstić information content (AvgIpc) is 3.40. The Morgan fingerprint density at radius 2 is 1.73 bits per heavy atom. The number of anilines is 1. The maximum absolute atomic E-state index is 12.7. The molecule has 2 aromatic heterocycles. The van der Waals surface area contributed by atoms with E-state index in [9.17, 15) is 12.8 Å². The number of nitrogens with zero attached hydrogens (tertiary/aromatic N) is 4. The zero-order valence-electron chi connectivity index (χ0n) is 20.1. The minimum absolute atomic E-state index is 0.0903. The molecule has 0 aliphatic rings. The van der Waals surface area contributed by atoms with Gasteiger partial charge >= 0.3 is 0 Å². The minimum atomic E-state index is -3.56. The highest BCUT2D eigenvalue weighted by atomic mass is 32.2. The predicted octanol–water partition coefficient (Wildman–Crippen LogP) is 3.05. The number of hydrogen-bond acceptors (Lipinski definition) is 10. The molecular weight excluding hydrogens is 499 g/mol. The van der Waals surface area contributed by atoms with E-state index in [0.717, 1.165) is 5.56 Å². The molecule has 4 rings (SSSR count). The first kappa shape index (κ1) is 26.3. The Labute approximate surface area is 213 Å². The summed E-state index contributed by atoms with van der Waals surface area (Å²) in [5, 5.41) is 19.5. The molecule has 0 bridgehead atoms. The number of nitrogens with one attached hydrogen (secondary N) is 1. The van der Waals surface area contributed by atoms with E-state index in [1.54, 1.807) is 19.1 Å². The molecule has 4 N–H and O–H groups in total. The third-order valence-corrected chi connectivity index (χ3v) is 8.00. The third kappa shape index (κ3) is 5.98. The summed E-state index contributed by atoms with van der Waals surface area (Å²) in [5.74, 6) is 0.467. The Morgan fingerprint density at radius 3 is 2.41 bits per heavy atom. The molecule has 1 atom stereocenters. The molecule has 0 radical (unpaired) electrons. The Morgan fingerprint density at radius 1 is 1.05 bits per heavy atom. The number of benzene rings is 2. The SMILES string of the molecule is CC(CCO)S(=O)(=O)c1ccc(-c2cnc(N)c(-c3nnc(-c4ccc(CNCCF)cc4)o3)n2)cc1. The summed E-state index contributed by atoms with van der Waals surface area (Å²) in [6, 6.07) is 13.7. The number of aliphatic hydroxyl groups excluding tert-OH is 1. The van der Waals surface area contributed by atoms with Gasteiger partial charge in [-0.3, -0.25) is 0 Å². The fourth-order valence-electron chi connectivity index (χ4n) is 3.58. The minimum Gasteiger partial charge on any atom is -0.414 e. The molecule has 0 aliphatic carbocycles. The Hall–Kier alpha value is -3.74. The van der Waals surface area contributed by atoms with Crippen LogP contribution in [0.5, 0.6) is 0 Å². The molecule has 194 valence electrons. The first-order valence-corrected chi connectivity index (χ1v) is 13.2. The second-order valence-corrected chi connectivity index (χ2v) is 10.7. The predicted molar refractivity (Wildman–Crippen MR) is 137 cm³/mol. The van der Waals surface area contributed by atoms with Crippen LogP contribution >= 0.6 is 0 Å². The van der Waals surface area contributed by atoms with Crippen LogP contribution in [-0.4, -0.2) is 58.8 Å². The van der Waals surface area contributed by atoms with E-state index in [0.29, 0.717) is 29.9 Å². The van der Waals surface area contributed by atoms with Gasteiger partial charge in [0, 0.05) is 30.8 Å². The standard InChI is InChI=1S/C25H27FN6O4S/c1-16(10-13-33)37(34,35)20-8-6-18(7-9-20)21-15-29-23(27)22(30-21)25-32-31-24(36-25)19-4-2-17(3-5-19)14-28-12-11-26/h2-9,15-16,28,33H,10-14H2,1H3,(H2,27,29). The number of halogens is 1. The Balaban J connectivity index is 1.55. The van der Waals surface area contributed by atoms with E-state index in [1.165, 1.54) is 18.3 Å². The van der Waals surface area contributed by atoms with Crippen LogP contribution < -0.4 is 11.1 Å². The first-order chi connectivity index (χ1) is 17.8. The maximum atomic E-state index is 12.7. The molecule has 4 aromatic rings. The second kappa shape index (κ2) is 11.5. The van der Waals surface area contributed by atoms with E-state index in [2.05, 4.69) is 25.5 Å². The smallest absolute Gasteiger partial charge is 0.270 e. The zero-order valence-corrected chi connectivity index (χ0v) is 20.9. The summed E-state index contributed by atoms with van der Waals surface area (Å²) in [7, 11) is -3.56. The van der Waals surface area contributed by atoms with Gasteiger partial charge in [-0.15, -0.1) is 10.2 Å². The van der Waals surface area contributed by atoms with E-state index in [1.807, 2.05) is 24.3 Å². The molecular formula is C25H27FN6O4S. The van der Waals surface area contributed by atoms with Crippen molar-refractivity contribution in [3.05, 3.63) is 60.3 Å². The van der Waals surface area contributed by atoms with Crippen molar-refractivity contribution in [3.63, 3.8) is 0 Å². The van der Waals surface area contributed by atoms with Gasteiger partial charge in [0.2, 0.25) is 5.89 Å². The molecule has 0 fully saturated rings. The second-order valence-electron chi connectivity index (χ2n) is 8.36. The molecule has 2 heterocycles. The average molecular weight is 527 g/mol. The summed E-state index contributed by atoms with van der Waals surface area (Å²) < 4.78 is 43.4. The van der Waals surface area contributed by atoms with Gasteiger partial charge < -0.3 is 20.6 Å². The fourth-order valence-corrected chi connectivity index (χ4v) is 4.98. The molecule has 0 saturated carbocycles. The van der Waals surface area contributed by atoms with E-state index in [-0.39, 0.29) is 41.2 Å². The highest BCUT2D eigenvalue weighted by molar-refractivity contribution is 7.92. The summed E-state index contributed by atoms with van der Waals surface area (Å²) >= 11 is 0. The number of rotatable bonds is 11. The van der Waals surface area contributed by atoms with Crippen molar-refractivity contribution in [1.82, 2.24) is 25.5 Å². The van der Waals surface area contributed by atoms with Gasteiger partial charge in [-0.05, 0) is 43.2 Å². The Kier molecular flexibility index (Phi) is 8.21. The highest BCUT2D eigenvalue weighted by Gasteiger charge is 2.23. The number of alkyl halides is 1. The van der Waals surface area contributed by atoms with Crippen LogP contribution in [0.3, 0.4) is 0 Å². The zero-order chi connectivity index (χ0) is 26.4. The van der Waals surface area contributed by atoms with E-state index < -0.39 is 21.8 Å². The van der Waals surface area contributed by atoms with Gasteiger partial charge in [-0.2, -0.15) is 0 Å². The van der Waals surface area contributed by atoms with Crippen LogP contribution in [0.2, 0.25) is 0 Å². The number of aromatic nitrogens is 4. The molecule has 10 nitrogen and oxygen atoms in total. The summed E-state index contributed by atoms with van der Waals surface area (Å²) in [6.45, 7) is 1.78. The molecule has 12 heteroatoms. The van der Waals surface area contributed by atoms with Crippen molar-refractivity contribution < 1.29 is 22.3 Å². The van der Waals surface area contributed by atoms with Gasteiger partial charge in [0.1, 0.15) is 6.67 Å². The summed E-state index contributed by atoms with van der Waals surface area (Å²) in [4.78, 5) is 8.88. The van der Waals surface area contributed by atoms with Gasteiger partial charge in [-0.25, -0.2) is 22.8 Å². The van der Waals surface area contributed by atoms with Crippen molar-refractivity contribution in [2.45, 2.75) is 30.0 Å². The van der Waals surface area contributed by atoms with Gasteiger partial charge in [-0.1, -0.05) is 24.3 Å². The lowest BCUT2D eigenvalue weighted by Crippen LogP contribution is -2.19. The van der Waals surface area contributed by atoms with Crippen LogP contribution in [0.4, 0.5) is 10.2 Å². The van der Waals surface area contributed by atoms with Crippen LogP contribution in [0.25, 0.3) is 34.3 Å². The van der Waals surface area contributed by atoms with E-state index >= 15 is 0 Å². The Bertz CT molecular complexity index is 1440. The number of hydrogen-bond donors (Lipinski definition) is 3. The van der Waals surface area contributed by atoms with Gasteiger partial charge in [0.05, 0.1) is 22.0 Å². The third-order valence-electron chi connectivity index (χ3n) is 5.77. The topological polar surface area (TPSA) is 157 Å². The van der Waals surface area contributed by atoms with E-state index in [4.69, 9.17) is 15.3 Å². The number of nitrogens with two attached hydrogens (primary N) is 1. The fraction of sp³-hybridized carbons (Fsp3) is 0.280. The molecule has 0 amide bonds. The van der Waals surface area contributed by atoms with Crippen molar-refractivity contribution in [3.8, 4) is 34.3 Å². The number of aliphatic hydroxyl groups is 1. The van der Waals surface area contributed by atoms with Crippen molar-refractivity contribution in [2.24, 2.45) is 0 Å². The molecule has 1 unspecified atom stereocenters. The van der Waals surface area contributed by atoms with Crippen LogP contribution in [0.15, 0.2) is 64.0 Å². The van der Waals surface area contributed by atoms with Gasteiger partial charge in [0.25, 0.3) is 5.89 Å². The monoisotopic (exact) mass is 526 g/mol. The summed E-state index contributed by atoms with van der Waals surface area (Å²) in [5.41, 5.74) is 8.99. The maximum Gasteiger partial charge on any atom is 0.270 e. The molecule has 0 spiro atoms. The van der Waals surface area contributed by atoms with Gasteiger partial charge in [0.15, 0.2) is 21.3 Å². The van der Waals surface area contributed by atoms with Crippen LogP contribution in [-0.2, 0) is 16.4 Å². The lowest BCUT2D eigenvalue weighted by Gasteiger charge is -2.12. The van der Waals surface area contributed by atoms with Crippen molar-refractivity contribution in [2.75, 3.05) is 25.6 Å².